The van der Waals surface area contributed by atoms with Gasteiger partial charge in [0.1, 0.15) is 5.75 Å². The Morgan fingerprint density at radius 3 is 2.88 bits per heavy atom. The fourth-order valence-corrected chi connectivity index (χ4v) is 3.05. The van der Waals surface area contributed by atoms with Crippen LogP contribution in [0.25, 0.3) is 0 Å². The van der Waals surface area contributed by atoms with Gasteiger partial charge in [0.05, 0.1) is 23.8 Å². The number of carbonyl (C=O) groups is 1. The quantitative estimate of drug-likeness (QED) is 0.718. The van der Waals surface area contributed by atoms with Gasteiger partial charge in [0.15, 0.2) is 0 Å². The van der Waals surface area contributed by atoms with Crippen molar-refractivity contribution in [3.8, 4) is 5.75 Å². The number of thioether (sulfide) groups is 2. The van der Waals surface area contributed by atoms with Crippen molar-refractivity contribution in [2.45, 2.75) is 30.1 Å². The molecule has 0 saturated carbocycles. The van der Waals surface area contributed by atoms with E-state index in [1.807, 2.05) is 13.2 Å². The highest BCUT2D eigenvalue weighted by molar-refractivity contribution is 8.00. The Morgan fingerprint density at radius 1 is 1.46 bits per heavy atom. The van der Waals surface area contributed by atoms with E-state index in [1.54, 1.807) is 30.8 Å². The van der Waals surface area contributed by atoms with Gasteiger partial charge in [-0.2, -0.15) is 11.8 Å². The van der Waals surface area contributed by atoms with E-state index in [2.05, 4.69) is 15.5 Å². The molecule has 0 aliphatic carbocycles. The van der Waals surface area contributed by atoms with Crippen LogP contribution in [-0.2, 0) is 10.5 Å². The summed E-state index contributed by atoms with van der Waals surface area (Å²) < 4.78 is 10.7. The molecule has 0 bridgehead atoms. The molecule has 0 spiro atoms. The third-order valence-electron chi connectivity index (χ3n) is 3.10. The number of amides is 1. The van der Waals surface area contributed by atoms with Crippen LogP contribution >= 0.6 is 35.1 Å². The first-order valence-electron chi connectivity index (χ1n) is 7.07. The van der Waals surface area contributed by atoms with Crippen LogP contribution in [0.5, 0.6) is 5.75 Å². The first-order valence-corrected chi connectivity index (χ1v) is 9.72. The molecule has 0 fully saturated rings. The number of carbonyl (C=O) groups excluding carboxylic acids is 1. The van der Waals surface area contributed by atoms with Gasteiger partial charge in [0.2, 0.25) is 11.8 Å². The molecule has 0 aliphatic rings. The van der Waals surface area contributed by atoms with Gasteiger partial charge in [-0.05, 0) is 31.7 Å². The zero-order chi connectivity index (χ0) is 17.7. The third kappa shape index (κ3) is 4.81. The molecular weight excluding hydrogens is 370 g/mol. The highest BCUT2D eigenvalue weighted by Crippen LogP contribution is 2.32. The van der Waals surface area contributed by atoms with Crippen molar-refractivity contribution >= 4 is 46.7 Å². The van der Waals surface area contributed by atoms with Crippen LogP contribution in [0, 0.1) is 6.92 Å². The second-order valence-electron chi connectivity index (χ2n) is 4.95. The minimum absolute atomic E-state index is 0.190. The lowest BCUT2D eigenvalue weighted by molar-refractivity contribution is -0.115. The fraction of sp³-hybridized carbons (Fsp3) is 0.400. The number of aromatic nitrogens is 2. The summed E-state index contributed by atoms with van der Waals surface area (Å²) in [5.41, 5.74) is 1.43. The Hall–Kier alpha value is -1.38. The maximum absolute atomic E-state index is 12.4. The van der Waals surface area contributed by atoms with Gasteiger partial charge in [-0.1, -0.05) is 23.4 Å². The number of benzene rings is 1. The van der Waals surface area contributed by atoms with Crippen LogP contribution < -0.4 is 10.1 Å². The average Bonchev–Trinajstić information content (AvgIpc) is 2.98. The van der Waals surface area contributed by atoms with E-state index in [-0.39, 0.29) is 5.91 Å². The number of ether oxygens (including phenoxy) is 1. The summed E-state index contributed by atoms with van der Waals surface area (Å²) in [6.07, 6.45) is 1.95. The zero-order valence-corrected chi connectivity index (χ0v) is 16.1. The van der Waals surface area contributed by atoms with Crippen molar-refractivity contribution in [1.82, 2.24) is 10.2 Å². The highest BCUT2D eigenvalue weighted by atomic mass is 35.5. The lowest BCUT2D eigenvalue weighted by Crippen LogP contribution is -2.22. The van der Waals surface area contributed by atoms with E-state index in [1.165, 1.54) is 18.9 Å². The standard InChI is InChI=1S/C15H18ClN3O3S2/c1-8-5-11(12(21-3)6-10(8)16)17-14(20)9(2)24-15-19-18-13(22-15)7-23-4/h5-6,9H,7H2,1-4H3,(H,17,20)/t9-/m1/s1. The maximum atomic E-state index is 12.4. The monoisotopic (exact) mass is 387 g/mol. The normalized spacial score (nSPS) is 12.0. The molecule has 1 aromatic heterocycles. The van der Waals surface area contributed by atoms with Crippen LogP contribution in [0.2, 0.25) is 5.02 Å². The Balaban J connectivity index is 2.04. The van der Waals surface area contributed by atoms with Gasteiger partial charge in [-0.3, -0.25) is 4.79 Å². The molecule has 1 atom stereocenters. The molecule has 2 rings (SSSR count). The second kappa shape index (κ2) is 8.64. The zero-order valence-electron chi connectivity index (χ0n) is 13.8. The fourth-order valence-electron chi connectivity index (χ4n) is 1.84. The summed E-state index contributed by atoms with van der Waals surface area (Å²) in [6.45, 7) is 3.63. The number of nitrogens with one attached hydrogen (secondary N) is 1. The van der Waals surface area contributed by atoms with Crippen molar-refractivity contribution in [2.75, 3.05) is 18.7 Å². The minimum Gasteiger partial charge on any atom is -0.495 e. The SMILES string of the molecule is COc1cc(Cl)c(C)cc1NC(=O)[C@@H](C)Sc1nnc(CSC)o1. The van der Waals surface area contributed by atoms with Crippen LogP contribution in [0.15, 0.2) is 21.8 Å². The molecule has 1 N–H and O–H groups in total. The van der Waals surface area contributed by atoms with E-state index in [0.717, 1.165) is 5.56 Å². The molecule has 9 heteroatoms. The minimum atomic E-state index is -0.409. The molecular formula is C15H18ClN3O3S2. The van der Waals surface area contributed by atoms with E-state index in [9.17, 15) is 4.79 Å². The molecule has 0 aliphatic heterocycles. The molecule has 0 radical (unpaired) electrons. The van der Waals surface area contributed by atoms with Crippen molar-refractivity contribution in [2.24, 2.45) is 0 Å². The van der Waals surface area contributed by atoms with Gasteiger partial charge < -0.3 is 14.5 Å². The topological polar surface area (TPSA) is 77.2 Å². The summed E-state index contributed by atoms with van der Waals surface area (Å²) in [6, 6.07) is 3.46. The first kappa shape index (κ1) is 19.0. The first-order chi connectivity index (χ1) is 11.4. The van der Waals surface area contributed by atoms with Crippen LogP contribution in [0.4, 0.5) is 5.69 Å². The molecule has 0 unspecified atom stereocenters. The number of rotatable bonds is 7. The summed E-state index contributed by atoms with van der Waals surface area (Å²) in [5, 5.41) is 11.3. The smallest absolute Gasteiger partial charge is 0.277 e. The Kier molecular flexibility index (Phi) is 6.82. The lowest BCUT2D eigenvalue weighted by Gasteiger charge is -2.14. The molecule has 1 amide bonds. The predicted molar refractivity (Wildman–Crippen MR) is 98.2 cm³/mol. The van der Waals surface area contributed by atoms with E-state index < -0.39 is 5.25 Å². The number of halogens is 1. The second-order valence-corrected chi connectivity index (χ2v) is 7.51. The Labute approximate surface area is 154 Å². The van der Waals surface area contributed by atoms with Gasteiger partial charge in [0.25, 0.3) is 5.22 Å². The predicted octanol–water partition coefficient (Wildman–Crippen LogP) is 4.02. The van der Waals surface area contributed by atoms with Crippen molar-refractivity contribution in [1.29, 1.82) is 0 Å². The number of anilines is 1. The van der Waals surface area contributed by atoms with Crippen LogP contribution in [0.1, 0.15) is 18.4 Å². The maximum Gasteiger partial charge on any atom is 0.277 e. The summed E-state index contributed by atoms with van der Waals surface area (Å²) in [4.78, 5) is 12.4. The number of aryl methyl sites for hydroxylation is 1. The number of hydrogen-bond donors (Lipinski definition) is 1. The Morgan fingerprint density at radius 2 is 2.21 bits per heavy atom. The summed E-state index contributed by atoms with van der Waals surface area (Å²) in [5.74, 6) is 1.52. The van der Waals surface area contributed by atoms with E-state index in [0.29, 0.717) is 33.3 Å². The molecule has 6 nitrogen and oxygen atoms in total. The number of nitrogens with zero attached hydrogens (tertiary/aromatic N) is 2. The Bertz CT molecular complexity index is 724. The average molecular weight is 388 g/mol. The van der Waals surface area contributed by atoms with Gasteiger partial charge >= 0.3 is 0 Å². The molecule has 2 aromatic rings. The molecule has 0 saturated heterocycles. The van der Waals surface area contributed by atoms with E-state index >= 15 is 0 Å². The van der Waals surface area contributed by atoms with E-state index in [4.69, 9.17) is 20.8 Å². The molecule has 1 heterocycles. The summed E-state index contributed by atoms with van der Waals surface area (Å²) >= 11 is 8.87. The highest BCUT2D eigenvalue weighted by Gasteiger charge is 2.20. The van der Waals surface area contributed by atoms with Gasteiger partial charge in [-0.25, -0.2) is 0 Å². The van der Waals surface area contributed by atoms with Gasteiger partial charge in [-0.15, -0.1) is 10.2 Å². The number of methoxy groups -OCH3 is 1. The molecule has 130 valence electrons. The van der Waals surface area contributed by atoms with Crippen molar-refractivity contribution in [3.05, 3.63) is 28.6 Å². The van der Waals surface area contributed by atoms with Crippen molar-refractivity contribution < 1.29 is 13.9 Å². The molecule has 24 heavy (non-hydrogen) atoms. The van der Waals surface area contributed by atoms with Crippen LogP contribution in [-0.4, -0.2) is 34.7 Å². The van der Waals surface area contributed by atoms with Crippen molar-refractivity contribution in [3.63, 3.8) is 0 Å². The lowest BCUT2D eigenvalue weighted by atomic mass is 10.2. The number of hydrogen-bond acceptors (Lipinski definition) is 7. The largest absolute Gasteiger partial charge is 0.495 e. The molecule has 1 aromatic carbocycles. The van der Waals surface area contributed by atoms with Crippen LogP contribution in [0.3, 0.4) is 0 Å². The van der Waals surface area contributed by atoms with Gasteiger partial charge in [0, 0.05) is 11.1 Å². The summed E-state index contributed by atoms with van der Waals surface area (Å²) in [7, 11) is 1.53. The third-order valence-corrected chi connectivity index (χ3v) is 4.98.